The topological polar surface area (TPSA) is 52.6 Å². The largest absolute Gasteiger partial charge is 0.507 e. The van der Waals surface area contributed by atoms with Crippen molar-refractivity contribution in [1.82, 2.24) is 5.32 Å². The number of carbonyl (C=O) groups is 1. The van der Waals surface area contributed by atoms with Crippen molar-refractivity contribution >= 4 is 12.0 Å². The van der Waals surface area contributed by atoms with Crippen LogP contribution in [0.3, 0.4) is 0 Å². The van der Waals surface area contributed by atoms with E-state index < -0.39 is 0 Å². The molecule has 1 aromatic carbocycles. The van der Waals surface area contributed by atoms with Crippen LogP contribution in [0, 0.1) is 5.41 Å². The Labute approximate surface area is 93.9 Å². The average molecular weight is 218 g/mol. The first kappa shape index (κ1) is 9.66. The number of carbonyl (C=O) groups excluding carboxylic acids is 1. The van der Waals surface area contributed by atoms with Crippen LogP contribution in [0.25, 0.3) is 0 Å². The summed E-state index contributed by atoms with van der Waals surface area (Å²) in [6.45, 7) is 4.29. The molecule has 0 aromatic heterocycles. The summed E-state index contributed by atoms with van der Waals surface area (Å²) in [5.74, 6) is 0.0549. The van der Waals surface area contributed by atoms with Gasteiger partial charge in [-0.25, -0.2) is 0 Å². The fraction of sp³-hybridized carbons (Fsp3) is 0.417. The molecule has 84 valence electrons. The molecule has 2 aliphatic rings. The SMILES string of the molecule is O=Cc1cc(N2CC3(CNC3)C2)ccc1O. The second-order valence-electron chi connectivity index (χ2n) is 4.82. The Morgan fingerprint density at radius 1 is 1.38 bits per heavy atom. The Morgan fingerprint density at radius 3 is 2.69 bits per heavy atom. The second kappa shape index (κ2) is 3.22. The summed E-state index contributed by atoms with van der Waals surface area (Å²) in [6.07, 6.45) is 0.694. The maximum Gasteiger partial charge on any atom is 0.153 e. The fourth-order valence-corrected chi connectivity index (χ4v) is 2.48. The van der Waals surface area contributed by atoms with Crippen molar-refractivity contribution in [3.8, 4) is 5.75 Å². The molecule has 2 fully saturated rings. The lowest BCUT2D eigenvalue weighted by Crippen LogP contribution is -2.71. The number of phenols is 1. The number of nitrogens with one attached hydrogen (secondary N) is 1. The first-order valence-corrected chi connectivity index (χ1v) is 5.46. The Balaban J connectivity index is 1.78. The van der Waals surface area contributed by atoms with Crippen LogP contribution in [0.15, 0.2) is 18.2 Å². The van der Waals surface area contributed by atoms with Gasteiger partial charge < -0.3 is 15.3 Å². The van der Waals surface area contributed by atoms with Crippen molar-refractivity contribution in [1.29, 1.82) is 0 Å². The third kappa shape index (κ3) is 1.30. The van der Waals surface area contributed by atoms with Crippen molar-refractivity contribution in [2.45, 2.75) is 0 Å². The standard InChI is InChI=1S/C12H14N2O2/c15-4-9-3-10(1-2-11(9)16)14-7-12(8-14)5-13-6-12/h1-4,13,16H,5-8H2. The van der Waals surface area contributed by atoms with Crippen LogP contribution >= 0.6 is 0 Å². The highest BCUT2D eigenvalue weighted by molar-refractivity contribution is 5.81. The van der Waals surface area contributed by atoms with E-state index >= 15 is 0 Å². The van der Waals surface area contributed by atoms with E-state index in [4.69, 9.17) is 0 Å². The zero-order valence-corrected chi connectivity index (χ0v) is 8.94. The number of hydrogen-bond acceptors (Lipinski definition) is 4. The number of aldehydes is 1. The summed E-state index contributed by atoms with van der Waals surface area (Å²) in [7, 11) is 0. The summed E-state index contributed by atoms with van der Waals surface area (Å²) < 4.78 is 0. The molecule has 2 heterocycles. The van der Waals surface area contributed by atoms with Crippen molar-refractivity contribution in [3.05, 3.63) is 23.8 Å². The van der Waals surface area contributed by atoms with Gasteiger partial charge >= 0.3 is 0 Å². The van der Waals surface area contributed by atoms with Gasteiger partial charge in [-0.3, -0.25) is 4.79 Å². The Bertz CT molecular complexity index is 433. The number of hydrogen-bond donors (Lipinski definition) is 2. The fourth-order valence-electron chi connectivity index (χ4n) is 2.48. The number of nitrogens with zero attached hydrogens (tertiary/aromatic N) is 1. The van der Waals surface area contributed by atoms with Gasteiger partial charge in [-0.05, 0) is 18.2 Å². The highest BCUT2D eigenvalue weighted by atomic mass is 16.3. The minimum Gasteiger partial charge on any atom is -0.507 e. The van der Waals surface area contributed by atoms with Gasteiger partial charge in [0.05, 0.1) is 5.56 Å². The molecule has 2 aliphatic heterocycles. The molecule has 0 atom stereocenters. The highest BCUT2D eigenvalue weighted by Gasteiger charge is 2.47. The van der Waals surface area contributed by atoms with E-state index in [1.807, 2.05) is 6.07 Å². The molecular formula is C12H14N2O2. The van der Waals surface area contributed by atoms with Gasteiger partial charge in [0.15, 0.2) is 6.29 Å². The summed E-state index contributed by atoms with van der Waals surface area (Å²) >= 11 is 0. The number of benzene rings is 1. The Hall–Kier alpha value is -1.55. The molecule has 4 heteroatoms. The van der Waals surface area contributed by atoms with Crippen LogP contribution < -0.4 is 10.2 Å². The Kier molecular flexibility index (Phi) is 1.94. The van der Waals surface area contributed by atoms with Crippen molar-refractivity contribution in [2.24, 2.45) is 5.41 Å². The van der Waals surface area contributed by atoms with E-state index in [2.05, 4.69) is 10.2 Å². The molecule has 0 amide bonds. The van der Waals surface area contributed by atoms with E-state index in [1.54, 1.807) is 12.1 Å². The quantitative estimate of drug-likeness (QED) is 0.714. The van der Waals surface area contributed by atoms with Crippen LogP contribution in [0.5, 0.6) is 5.75 Å². The monoisotopic (exact) mass is 218 g/mol. The van der Waals surface area contributed by atoms with E-state index in [-0.39, 0.29) is 5.75 Å². The van der Waals surface area contributed by atoms with Crippen molar-refractivity contribution in [2.75, 3.05) is 31.1 Å². The summed E-state index contributed by atoms with van der Waals surface area (Å²) in [4.78, 5) is 13.0. The van der Waals surface area contributed by atoms with Crippen molar-refractivity contribution in [3.63, 3.8) is 0 Å². The molecule has 1 spiro atoms. The maximum absolute atomic E-state index is 10.7. The van der Waals surface area contributed by atoms with Gasteiger partial charge in [-0.1, -0.05) is 0 Å². The molecular weight excluding hydrogens is 204 g/mol. The predicted octanol–water partition coefficient (Wildman–Crippen LogP) is 0.614. The molecule has 2 saturated heterocycles. The third-order valence-electron chi connectivity index (χ3n) is 3.56. The van der Waals surface area contributed by atoms with Crippen LogP contribution in [-0.4, -0.2) is 37.6 Å². The molecule has 0 radical (unpaired) electrons. The van der Waals surface area contributed by atoms with Crippen LogP contribution in [0.2, 0.25) is 0 Å². The normalized spacial score (nSPS) is 21.4. The molecule has 0 unspecified atom stereocenters. The zero-order valence-electron chi connectivity index (χ0n) is 8.94. The minimum atomic E-state index is 0.0549. The van der Waals surface area contributed by atoms with Crippen molar-refractivity contribution < 1.29 is 9.90 Å². The summed E-state index contributed by atoms with van der Waals surface area (Å²) in [5, 5.41) is 12.7. The van der Waals surface area contributed by atoms with E-state index in [1.165, 1.54) is 0 Å². The Morgan fingerprint density at radius 2 is 2.12 bits per heavy atom. The lowest BCUT2D eigenvalue weighted by molar-refractivity contribution is 0.112. The van der Waals surface area contributed by atoms with Gasteiger partial charge in [0, 0.05) is 37.3 Å². The molecule has 16 heavy (non-hydrogen) atoms. The molecule has 0 saturated carbocycles. The molecule has 4 nitrogen and oxygen atoms in total. The summed E-state index contributed by atoms with van der Waals surface area (Å²) in [6, 6.07) is 5.20. The van der Waals surface area contributed by atoms with Crippen LogP contribution in [-0.2, 0) is 0 Å². The minimum absolute atomic E-state index is 0.0549. The van der Waals surface area contributed by atoms with Crippen LogP contribution in [0.4, 0.5) is 5.69 Å². The maximum atomic E-state index is 10.7. The molecule has 3 rings (SSSR count). The molecule has 0 bridgehead atoms. The number of phenolic OH excluding ortho intramolecular Hbond substituents is 1. The van der Waals surface area contributed by atoms with Gasteiger partial charge in [-0.2, -0.15) is 0 Å². The predicted molar refractivity (Wildman–Crippen MR) is 61.0 cm³/mol. The zero-order chi connectivity index (χ0) is 11.2. The smallest absolute Gasteiger partial charge is 0.153 e. The van der Waals surface area contributed by atoms with E-state index in [0.29, 0.717) is 17.3 Å². The molecule has 0 aliphatic carbocycles. The summed E-state index contributed by atoms with van der Waals surface area (Å²) in [5.41, 5.74) is 1.86. The third-order valence-corrected chi connectivity index (χ3v) is 3.56. The van der Waals surface area contributed by atoms with Gasteiger partial charge in [-0.15, -0.1) is 0 Å². The second-order valence-corrected chi connectivity index (χ2v) is 4.82. The van der Waals surface area contributed by atoms with Gasteiger partial charge in [0.25, 0.3) is 0 Å². The lowest BCUT2D eigenvalue weighted by Gasteiger charge is -2.57. The van der Waals surface area contributed by atoms with Gasteiger partial charge in [0.2, 0.25) is 0 Å². The first-order chi connectivity index (χ1) is 7.72. The average Bonchev–Trinajstić information content (AvgIpc) is 2.16. The van der Waals surface area contributed by atoms with Gasteiger partial charge in [0.1, 0.15) is 5.75 Å². The lowest BCUT2D eigenvalue weighted by atomic mass is 9.74. The molecule has 2 N–H and O–H groups in total. The number of aromatic hydroxyl groups is 1. The first-order valence-electron chi connectivity index (χ1n) is 5.46. The number of rotatable bonds is 2. The van der Waals surface area contributed by atoms with E-state index in [9.17, 15) is 9.90 Å². The van der Waals surface area contributed by atoms with Crippen LogP contribution in [0.1, 0.15) is 10.4 Å². The van der Waals surface area contributed by atoms with E-state index in [0.717, 1.165) is 31.9 Å². The highest BCUT2D eigenvalue weighted by Crippen LogP contribution is 2.38. The molecule has 1 aromatic rings. The number of anilines is 1.